The van der Waals surface area contributed by atoms with Crippen LogP contribution in [0, 0.1) is 0 Å². The van der Waals surface area contributed by atoms with Crippen LogP contribution in [0.5, 0.6) is 11.5 Å². The van der Waals surface area contributed by atoms with Crippen molar-refractivity contribution in [2.24, 2.45) is 0 Å². The van der Waals surface area contributed by atoms with Crippen LogP contribution in [0.15, 0.2) is 78.9 Å². The fourth-order valence-electron chi connectivity index (χ4n) is 4.00. The predicted molar refractivity (Wildman–Crippen MR) is 133 cm³/mol. The van der Waals surface area contributed by atoms with Crippen molar-refractivity contribution < 1.29 is 14.3 Å². The van der Waals surface area contributed by atoms with Crippen LogP contribution < -0.4 is 14.8 Å². The Bertz CT molecular complexity index is 1240. The topological polar surface area (TPSA) is 68.6 Å². The predicted octanol–water partition coefficient (Wildman–Crippen LogP) is 4.04. The number of likely N-dealkylation sites (N-methyl/N-ethyl adjacent to an activating group) is 1. The molecule has 1 amide bonds. The van der Waals surface area contributed by atoms with Crippen LogP contribution >= 0.6 is 0 Å². The zero-order valence-electron chi connectivity index (χ0n) is 19.8. The molecule has 0 aliphatic carbocycles. The molecule has 34 heavy (non-hydrogen) atoms. The molecule has 1 atom stereocenters. The SMILES string of the molecule is COc1ccccc1C(CNC(=O)Cn1c(COc2ccccc2)nc2ccccc21)N(C)C. The average molecular weight is 459 g/mol. The first kappa shape index (κ1) is 23.3. The van der Waals surface area contributed by atoms with Crippen molar-refractivity contribution in [3.8, 4) is 11.5 Å². The van der Waals surface area contributed by atoms with E-state index >= 15 is 0 Å². The molecule has 0 saturated carbocycles. The van der Waals surface area contributed by atoms with Crippen LogP contribution in [0.1, 0.15) is 17.4 Å². The first-order valence-corrected chi connectivity index (χ1v) is 11.2. The molecular weight excluding hydrogens is 428 g/mol. The molecule has 0 aliphatic rings. The maximum absolute atomic E-state index is 13.0. The number of hydrogen-bond acceptors (Lipinski definition) is 5. The molecule has 0 fully saturated rings. The highest BCUT2D eigenvalue weighted by atomic mass is 16.5. The molecule has 7 nitrogen and oxygen atoms in total. The smallest absolute Gasteiger partial charge is 0.240 e. The Balaban J connectivity index is 1.49. The Morgan fingerprint density at radius 2 is 1.71 bits per heavy atom. The molecule has 0 spiro atoms. The van der Waals surface area contributed by atoms with Gasteiger partial charge in [-0.3, -0.25) is 4.79 Å². The number of para-hydroxylation sites is 4. The Labute approximate surface area is 199 Å². The first-order chi connectivity index (χ1) is 16.6. The number of amides is 1. The van der Waals surface area contributed by atoms with E-state index in [1.165, 1.54) is 0 Å². The third kappa shape index (κ3) is 5.38. The number of rotatable bonds is 10. The second-order valence-electron chi connectivity index (χ2n) is 8.23. The van der Waals surface area contributed by atoms with Gasteiger partial charge in [-0.2, -0.15) is 0 Å². The molecule has 1 aromatic heterocycles. The molecule has 0 saturated heterocycles. The lowest BCUT2D eigenvalue weighted by Crippen LogP contribution is -2.36. The third-order valence-electron chi connectivity index (χ3n) is 5.76. The summed E-state index contributed by atoms with van der Waals surface area (Å²) >= 11 is 0. The van der Waals surface area contributed by atoms with Crippen LogP contribution in [0.25, 0.3) is 11.0 Å². The Morgan fingerprint density at radius 3 is 2.47 bits per heavy atom. The number of methoxy groups -OCH3 is 1. The maximum atomic E-state index is 13.0. The number of carbonyl (C=O) groups is 1. The summed E-state index contributed by atoms with van der Waals surface area (Å²) in [5, 5.41) is 3.09. The molecule has 1 unspecified atom stereocenters. The highest BCUT2D eigenvalue weighted by Gasteiger charge is 2.20. The molecule has 1 N–H and O–H groups in total. The molecule has 0 radical (unpaired) electrons. The van der Waals surface area contributed by atoms with E-state index in [2.05, 4.69) is 10.2 Å². The summed E-state index contributed by atoms with van der Waals surface area (Å²) in [5.41, 5.74) is 2.76. The molecule has 0 bridgehead atoms. The summed E-state index contributed by atoms with van der Waals surface area (Å²) in [6.45, 7) is 0.877. The Kier molecular flexibility index (Phi) is 7.44. The zero-order chi connectivity index (χ0) is 23.9. The summed E-state index contributed by atoms with van der Waals surface area (Å²) < 4.78 is 13.4. The van der Waals surface area contributed by atoms with Crippen LogP contribution in [-0.2, 0) is 17.9 Å². The fraction of sp³-hybridized carbons (Fsp3) is 0.259. The lowest BCUT2D eigenvalue weighted by molar-refractivity contribution is -0.121. The summed E-state index contributed by atoms with van der Waals surface area (Å²) in [5.74, 6) is 2.17. The van der Waals surface area contributed by atoms with Gasteiger partial charge in [0.15, 0.2) is 0 Å². The standard InChI is InChI=1S/C27H30N4O3/c1-30(2)24(21-13-7-10-16-25(21)33-3)17-28-27(32)18-31-23-15-9-8-14-22(23)29-26(31)19-34-20-11-5-4-6-12-20/h4-16,24H,17-19H2,1-3H3,(H,28,32). The van der Waals surface area contributed by atoms with E-state index in [1.54, 1.807) is 7.11 Å². The summed E-state index contributed by atoms with van der Waals surface area (Å²) in [4.78, 5) is 19.8. The van der Waals surface area contributed by atoms with Crippen molar-refractivity contribution >= 4 is 16.9 Å². The second kappa shape index (κ2) is 10.9. The monoisotopic (exact) mass is 458 g/mol. The van der Waals surface area contributed by atoms with E-state index in [4.69, 9.17) is 14.5 Å². The van der Waals surface area contributed by atoms with Gasteiger partial charge in [-0.05, 0) is 44.4 Å². The number of carbonyl (C=O) groups excluding carboxylic acids is 1. The van der Waals surface area contributed by atoms with Crippen LogP contribution in [0.3, 0.4) is 0 Å². The molecule has 1 heterocycles. The van der Waals surface area contributed by atoms with E-state index in [0.717, 1.165) is 28.1 Å². The lowest BCUT2D eigenvalue weighted by atomic mass is 10.0. The zero-order valence-corrected chi connectivity index (χ0v) is 19.8. The van der Waals surface area contributed by atoms with Crippen molar-refractivity contribution in [2.75, 3.05) is 27.7 Å². The van der Waals surface area contributed by atoms with Gasteiger partial charge in [-0.1, -0.05) is 48.5 Å². The molecule has 7 heteroatoms. The normalized spacial score (nSPS) is 12.0. The van der Waals surface area contributed by atoms with Crippen molar-refractivity contribution in [1.82, 2.24) is 19.8 Å². The molecule has 3 aromatic carbocycles. The number of benzene rings is 3. The average Bonchev–Trinajstić information content (AvgIpc) is 3.20. The number of aromatic nitrogens is 2. The maximum Gasteiger partial charge on any atom is 0.240 e. The molecule has 4 rings (SSSR count). The van der Waals surface area contributed by atoms with E-state index in [-0.39, 0.29) is 25.1 Å². The largest absolute Gasteiger partial charge is 0.496 e. The number of nitrogens with zero attached hydrogens (tertiary/aromatic N) is 3. The highest BCUT2D eigenvalue weighted by Crippen LogP contribution is 2.27. The van der Waals surface area contributed by atoms with Gasteiger partial charge in [0.1, 0.15) is 30.5 Å². The van der Waals surface area contributed by atoms with Crippen LogP contribution in [0.2, 0.25) is 0 Å². The summed E-state index contributed by atoms with van der Waals surface area (Å²) in [7, 11) is 5.64. The quantitative estimate of drug-likeness (QED) is 0.388. The highest BCUT2D eigenvalue weighted by molar-refractivity contribution is 5.81. The van der Waals surface area contributed by atoms with E-state index in [1.807, 2.05) is 97.5 Å². The minimum absolute atomic E-state index is 0.0273. The van der Waals surface area contributed by atoms with Crippen LogP contribution in [-0.4, -0.2) is 48.1 Å². The number of nitrogens with one attached hydrogen (secondary N) is 1. The lowest BCUT2D eigenvalue weighted by Gasteiger charge is -2.26. The van der Waals surface area contributed by atoms with Gasteiger partial charge in [0.2, 0.25) is 5.91 Å². The summed E-state index contributed by atoms with van der Waals surface area (Å²) in [6, 6.07) is 25.3. The van der Waals surface area contributed by atoms with Crippen molar-refractivity contribution in [1.29, 1.82) is 0 Å². The van der Waals surface area contributed by atoms with Gasteiger partial charge in [0, 0.05) is 12.1 Å². The first-order valence-electron chi connectivity index (χ1n) is 11.2. The second-order valence-corrected chi connectivity index (χ2v) is 8.23. The van der Waals surface area contributed by atoms with E-state index < -0.39 is 0 Å². The number of imidazole rings is 1. The van der Waals surface area contributed by atoms with Gasteiger partial charge >= 0.3 is 0 Å². The van der Waals surface area contributed by atoms with Crippen molar-refractivity contribution in [3.05, 3.63) is 90.3 Å². The van der Waals surface area contributed by atoms with Crippen molar-refractivity contribution in [3.63, 3.8) is 0 Å². The summed E-state index contributed by atoms with van der Waals surface area (Å²) in [6.07, 6.45) is 0. The Morgan fingerprint density at radius 1 is 1.00 bits per heavy atom. The number of fused-ring (bicyclic) bond motifs is 1. The van der Waals surface area contributed by atoms with E-state index in [9.17, 15) is 4.79 Å². The van der Waals surface area contributed by atoms with Crippen molar-refractivity contribution in [2.45, 2.75) is 19.2 Å². The van der Waals surface area contributed by atoms with Gasteiger partial charge in [-0.25, -0.2) is 4.98 Å². The molecular formula is C27H30N4O3. The molecule has 176 valence electrons. The minimum atomic E-state index is -0.0918. The molecule has 4 aromatic rings. The Hall–Kier alpha value is -3.84. The van der Waals surface area contributed by atoms with Gasteiger partial charge in [-0.15, -0.1) is 0 Å². The fourth-order valence-corrected chi connectivity index (χ4v) is 4.00. The third-order valence-corrected chi connectivity index (χ3v) is 5.76. The number of hydrogen-bond donors (Lipinski definition) is 1. The minimum Gasteiger partial charge on any atom is -0.496 e. The van der Waals surface area contributed by atoms with E-state index in [0.29, 0.717) is 12.4 Å². The number of ether oxygens (including phenoxy) is 2. The van der Waals surface area contributed by atoms with Gasteiger partial charge in [0.25, 0.3) is 0 Å². The van der Waals surface area contributed by atoms with Gasteiger partial charge < -0.3 is 24.3 Å². The van der Waals surface area contributed by atoms with Crippen LogP contribution in [0.4, 0.5) is 0 Å². The van der Waals surface area contributed by atoms with Gasteiger partial charge in [0.05, 0.1) is 24.2 Å². The molecule has 0 aliphatic heterocycles.